The summed E-state index contributed by atoms with van der Waals surface area (Å²) in [6.45, 7) is 1.34. The maximum absolute atomic E-state index is 5.85. The lowest BCUT2D eigenvalue weighted by atomic mass is 10.2. The second-order valence-corrected chi connectivity index (χ2v) is 5.28. The molecule has 0 amide bonds. The van der Waals surface area contributed by atoms with Crippen LogP contribution in [0.2, 0.25) is 0 Å². The lowest BCUT2D eigenvalue weighted by Gasteiger charge is -2.20. The third-order valence-electron chi connectivity index (χ3n) is 2.95. The molecule has 2 aliphatic rings. The van der Waals surface area contributed by atoms with Crippen LogP contribution in [0.5, 0.6) is 0 Å². The van der Waals surface area contributed by atoms with Crippen LogP contribution in [0.1, 0.15) is 38.5 Å². The molecule has 0 bridgehead atoms. The van der Waals surface area contributed by atoms with Gasteiger partial charge in [0.25, 0.3) is 0 Å². The third kappa shape index (κ3) is 5.44. The Balaban J connectivity index is 1.75. The standard InChI is InChI=1S/C12H18Cl2N2O4/c13-11(15-19-9-5-1-3-7-17-9)12(14)16-20-10-6-2-4-8-18-10/h9-10H,1-8H2. The third-order valence-corrected chi connectivity index (χ3v) is 3.54. The molecule has 2 heterocycles. The first kappa shape index (κ1) is 15.8. The minimum Gasteiger partial charge on any atom is -0.362 e. The Bertz CT molecular complexity index is 319. The molecule has 8 heteroatoms. The molecule has 0 radical (unpaired) electrons. The first-order valence-electron chi connectivity index (χ1n) is 6.78. The first-order chi connectivity index (χ1) is 9.75. The highest BCUT2D eigenvalue weighted by atomic mass is 35.5. The van der Waals surface area contributed by atoms with Crippen molar-refractivity contribution in [2.24, 2.45) is 10.3 Å². The fraction of sp³-hybridized carbons (Fsp3) is 0.833. The number of rotatable bonds is 5. The van der Waals surface area contributed by atoms with Gasteiger partial charge in [0, 0.05) is 12.8 Å². The fourth-order valence-electron chi connectivity index (χ4n) is 1.87. The minimum atomic E-state index is -0.371. The molecular formula is C12H18Cl2N2O4. The summed E-state index contributed by atoms with van der Waals surface area (Å²) in [5.74, 6) is 0. The topological polar surface area (TPSA) is 61.6 Å². The molecule has 0 N–H and O–H groups in total. The minimum absolute atomic E-state index is 0.0725. The maximum Gasteiger partial charge on any atom is 0.226 e. The van der Waals surface area contributed by atoms with Crippen LogP contribution < -0.4 is 0 Å². The summed E-state index contributed by atoms with van der Waals surface area (Å²) >= 11 is 11.7. The number of ether oxygens (including phenoxy) is 2. The second-order valence-electron chi connectivity index (χ2n) is 4.57. The normalized spacial score (nSPS) is 29.1. The van der Waals surface area contributed by atoms with Gasteiger partial charge in [-0.2, -0.15) is 0 Å². The Morgan fingerprint density at radius 2 is 1.25 bits per heavy atom. The van der Waals surface area contributed by atoms with Crippen LogP contribution in [0.15, 0.2) is 10.3 Å². The molecule has 114 valence electrons. The Morgan fingerprint density at radius 1 is 0.800 bits per heavy atom. The van der Waals surface area contributed by atoms with Crippen LogP contribution in [0.3, 0.4) is 0 Å². The van der Waals surface area contributed by atoms with E-state index in [-0.39, 0.29) is 22.9 Å². The Kier molecular flexibility index (Phi) is 6.86. The molecule has 2 fully saturated rings. The number of hydrogen-bond acceptors (Lipinski definition) is 6. The van der Waals surface area contributed by atoms with E-state index in [1.807, 2.05) is 0 Å². The van der Waals surface area contributed by atoms with Gasteiger partial charge in [-0.3, -0.25) is 0 Å². The van der Waals surface area contributed by atoms with Crippen molar-refractivity contribution in [3.05, 3.63) is 0 Å². The van der Waals surface area contributed by atoms with E-state index >= 15 is 0 Å². The maximum atomic E-state index is 5.85. The van der Waals surface area contributed by atoms with Gasteiger partial charge in [-0.05, 0) is 25.7 Å². The molecule has 0 aliphatic carbocycles. The van der Waals surface area contributed by atoms with Gasteiger partial charge in [-0.25, -0.2) is 0 Å². The summed E-state index contributed by atoms with van der Waals surface area (Å²) in [7, 11) is 0. The van der Waals surface area contributed by atoms with Gasteiger partial charge in [0.2, 0.25) is 22.9 Å². The average molecular weight is 325 g/mol. The van der Waals surface area contributed by atoms with Crippen molar-refractivity contribution < 1.29 is 19.1 Å². The van der Waals surface area contributed by atoms with E-state index in [1.165, 1.54) is 0 Å². The lowest BCUT2D eigenvalue weighted by molar-refractivity contribution is -0.163. The van der Waals surface area contributed by atoms with Crippen molar-refractivity contribution in [2.75, 3.05) is 13.2 Å². The van der Waals surface area contributed by atoms with Crippen LogP contribution in [0, 0.1) is 0 Å². The lowest BCUT2D eigenvalue weighted by Crippen LogP contribution is -2.22. The van der Waals surface area contributed by atoms with Crippen molar-refractivity contribution in [1.29, 1.82) is 0 Å². The monoisotopic (exact) mass is 324 g/mol. The van der Waals surface area contributed by atoms with E-state index in [0.29, 0.717) is 13.2 Å². The van der Waals surface area contributed by atoms with Gasteiger partial charge in [0.05, 0.1) is 13.2 Å². The molecule has 0 spiro atoms. The second kappa shape index (κ2) is 8.67. The molecule has 20 heavy (non-hydrogen) atoms. The molecule has 6 nitrogen and oxygen atoms in total. The Hall–Kier alpha value is -0.560. The van der Waals surface area contributed by atoms with Gasteiger partial charge < -0.3 is 19.1 Å². The summed E-state index contributed by atoms with van der Waals surface area (Å²) < 4.78 is 10.7. The molecule has 0 aromatic heterocycles. The van der Waals surface area contributed by atoms with Crippen molar-refractivity contribution >= 4 is 33.5 Å². The van der Waals surface area contributed by atoms with E-state index in [2.05, 4.69) is 10.3 Å². The van der Waals surface area contributed by atoms with Crippen LogP contribution in [0.4, 0.5) is 0 Å². The van der Waals surface area contributed by atoms with Crippen molar-refractivity contribution in [3.8, 4) is 0 Å². The predicted molar refractivity (Wildman–Crippen MR) is 75.9 cm³/mol. The fourth-order valence-corrected chi connectivity index (χ4v) is 2.02. The smallest absolute Gasteiger partial charge is 0.226 e. The molecule has 2 aliphatic heterocycles. The molecule has 0 saturated carbocycles. The summed E-state index contributed by atoms with van der Waals surface area (Å²) in [4.78, 5) is 10.3. The SMILES string of the molecule is ClC(=NOC1CCCCO1)C(Cl)=NOC1CCCCO1. The number of halogens is 2. The van der Waals surface area contributed by atoms with Crippen molar-refractivity contribution in [2.45, 2.75) is 51.1 Å². The molecule has 0 aromatic rings. The molecular weight excluding hydrogens is 307 g/mol. The van der Waals surface area contributed by atoms with E-state index in [4.69, 9.17) is 42.4 Å². The summed E-state index contributed by atoms with van der Waals surface area (Å²) in [6.07, 6.45) is 4.99. The highest BCUT2D eigenvalue weighted by Gasteiger charge is 2.17. The van der Waals surface area contributed by atoms with Crippen molar-refractivity contribution in [1.82, 2.24) is 0 Å². The molecule has 2 atom stereocenters. The Labute approximate surface area is 128 Å². The molecule has 2 unspecified atom stereocenters. The number of nitrogens with zero attached hydrogens (tertiary/aromatic N) is 2. The van der Waals surface area contributed by atoms with Crippen LogP contribution in [-0.2, 0) is 19.1 Å². The van der Waals surface area contributed by atoms with Crippen LogP contribution in [0.25, 0.3) is 0 Å². The zero-order valence-electron chi connectivity index (χ0n) is 11.1. The average Bonchev–Trinajstić information content (AvgIpc) is 2.52. The summed E-state index contributed by atoms with van der Waals surface area (Å²) in [6, 6.07) is 0. The zero-order chi connectivity index (χ0) is 14.2. The Morgan fingerprint density at radius 3 is 1.60 bits per heavy atom. The molecule has 0 aromatic carbocycles. The summed E-state index contributed by atoms with van der Waals surface area (Å²) in [5, 5.41) is 7.22. The van der Waals surface area contributed by atoms with E-state index in [0.717, 1.165) is 38.5 Å². The van der Waals surface area contributed by atoms with E-state index in [1.54, 1.807) is 0 Å². The van der Waals surface area contributed by atoms with Gasteiger partial charge in [-0.1, -0.05) is 33.5 Å². The molecule has 2 saturated heterocycles. The van der Waals surface area contributed by atoms with Gasteiger partial charge in [-0.15, -0.1) is 0 Å². The van der Waals surface area contributed by atoms with Crippen LogP contribution in [-0.4, -0.2) is 36.1 Å². The van der Waals surface area contributed by atoms with E-state index in [9.17, 15) is 0 Å². The number of oxime groups is 2. The largest absolute Gasteiger partial charge is 0.362 e. The first-order valence-corrected chi connectivity index (χ1v) is 7.53. The van der Waals surface area contributed by atoms with Gasteiger partial charge in [0.15, 0.2) is 0 Å². The van der Waals surface area contributed by atoms with E-state index < -0.39 is 0 Å². The summed E-state index contributed by atoms with van der Waals surface area (Å²) in [5.41, 5.74) is 0. The van der Waals surface area contributed by atoms with Gasteiger partial charge >= 0.3 is 0 Å². The zero-order valence-corrected chi connectivity index (χ0v) is 12.6. The highest BCUT2D eigenvalue weighted by molar-refractivity contribution is 7.00. The highest BCUT2D eigenvalue weighted by Crippen LogP contribution is 2.16. The molecule has 2 rings (SSSR count). The van der Waals surface area contributed by atoms with Gasteiger partial charge in [0.1, 0.15) is 0 Å². The number of hydrogen-bond donors (Lipinski definition) is 0. The quantitative estimate of drug-likeness (QED) is 0.575. The van der Waals surface area contributed by atoms with Crippen LogP contribution >= 0.6 is 23.2 Å². The van der Waals surface area contributed by atoms with Crippen molar-refractivity contribution in [3.63, 3.8) is 0 Å². The predicted octanol–water partition coefficient (Wildman–Crippen LogP) is 3.18.